The van der Waals surface area contributed by atoms with Gasteiger partial charge in [0.2, 0.25) is 0 Å². The van der Waals surface area contributed by atoms with E-state index in [0.717, 1.165) is 98.4 Å². The van der Waals surface area contributed by atoms with E-state index in [2.05, 4.69) is 59.4 Å². The lowest BCUT2D eigenvalue weighted by Gasteiger charge is -2.30. The minimum Gasteiger partial charge on any atom is -0.376 e. The van der Waals surface area contributed by atoms with Crippen LogP contribution in [0.1, 0.15) is 92.9 Å². The lowest BCUT2D eigenvalue weighted by molar-refractivity contribution is -0.0180. The number of aromatic nitrogens is 1. The molecule has 0 aliphatic carbocycles. The van der Waals surface area contributed by atoms with E-state index in [1.54, 1.807) is 0 Å². The van der Waals surface area contributed by atoms with Gasteiger partial charge in [-0.15, -0.1) is 0 Å². The number of ketones is 2. The zero-order valence-electron chi connectivity index (χ0n) is 26.6. The van der Waals surface area contributed by atoms with Gasteiger partial charge in [0, 0.05) is 91.6 Å². The van der Waals surface area contributed by atoms with Crippen LogP contribution in [0.3, 0.4) is 0 Å². The topological polar surface area (TPSA) is 64.0 Å². The predicted octanol–water partition coefficient (Wildman–Crippen LogP) is 6.74. The predicted molar refractivity (Wildman–Crippen MR) is 174 cm³/mol. The maximum absolute atomic E-state index is 13.4. The summed E-state index contributed by atoms with van der Waals surface area (Å²) in [5.41, 5.74) is 3.80. The maximum Gasteiger partial charge on any atom is 0.164 e. The third kappa shape index (κ3) is 8.33. The normalized spacial score (nSPS) is 20.3. The van der Waals surface area contributed by atoms with Crippen molar-refractivity contribution in [3.63, 3.8) is 0 Å². The molecule has 7 heteroatoms. The van der Waals surface area contributed by atoms with Crippen molar-refractivity contribution < 1.29 is 19.1 Å². The van der Waals surface area contributed by atoms with E-state index in [1.807, 2.05) is 12.1 Å². The van der Waals surface area contributed by atoms with E-state index in [1.165, 1.54) is 32.1 Å². The van der Waals surface area contributed by atoms with Gasteiger partial charge in [-0.2, -0.15) is 0 Å². The van der Waals surface area contributed by atoms with Gasteiger partial charge in [-0.05, 0) is 56.7 Å². The van der Waals surface area contributed by atoms with Crippen LogP contribution >= 0.6 is 0 Å². The van der Waals surface area contributed by atoms with Crippen LogP contribution in [0.25, 0.3) is 21.8 Å². The van der Waals surface area contributed by atoms with E-state index in [0.29, 0.717) is 12.8 Å². The molecule has 5 rings (SSSR count). The highest BCUT2D eigenvalue weighted by Crippen LogP contribution is 2.32. The highest BCUT2D eigenvalue weighted by atomic mass is 16.5. The Labute approximate surface area is 257 Å². The first-order chi connectivity index (χ1) is 20.9. The van der Waals surface area contributed by atoms with Gasteiger partial charge in [0.1, 0.15) is 0 Å². The van der Waals surface area contributed by atoms with Crippen molar-refractivity contribution in [1.29, 1.82) is 0 Å². The van der Waals surface area contributed by atoms with Crippen LogP contribution < -0.4 is 0 Å². The summed E-state index contributed by atoms with van der Waals surface area (Å²) >= 11 is 0. The average Bonchev–Trinajstić information content (AvgIpc) is 3.32. The molecule has 2 aliphatic heterocycles. The second kappa shape index (κ2) is 15.4. The first kappa shape index (κ1) is 31.8. The van der Waals surface area contributed by atoms with Gasteiger partial charge in [-0.3, -0.25) is 19.4 Å². The molecule has 2 aliphatic rings. The molecule has 7 nitrogen and oxygen atoms in total. The molecule has 0 bridgehead atoms. The molecule has 2 fully saturated rings. The largest absolute Gasteiger partial charge is 0.376 e. The summed E-state index contributed by atoms with van der Waals surface area (Å²) in [6.45, 7) is 13.8. The van der Waals surface area contributed by atoms with Gasteiger partial charge in [0.05, 0.1) is 25.4 Å². The second-order valence-electron chi connectivity index (χ2n) is 12.7. The van der Waals surface area contributed by atoms with Crippen molar-refractivity contribution in [1.82, 2.24) is 14.4 Å². The standard InChI is InChI=1S/C36H51N3O4/c1-4-5-6-7-8-9-16-39-33-12-10-29(35(40)14-17-37-19-21-42-27(2)25-37)23-31(33)32-24-30(11-13-34(32)39)36(41)15-18-38-20-22-43-28(3)26-38/h10-13,23-24,27-28H,4-9,14-22,25-26H2,1-3H3. The number of hydrogen-bond donors (Lipinski definition) is 0. The van der Waals surface area contributed by atoms with Crippen molar-refractivity contribution in [3.8, 4) is 0 Å². The number of carbonyl (C=O) groups is 2. The minimum absolute atomic E-state index is 0.171. The molecule has 0 radical (unpaired) electrons. The molecule has 234 valence electrons. The number of morpholine rings is 2. The van der Waals surface area contributed by atoms with Crippen LogP contribution in [0.5, 0.6) is 0 Å². The summed E-state index contributed by atoms with van der Waals surface area (Å²) in [5, 5.41) is 2.15. The fourth-order valence-electron chi connectivity index (χ4n) is 6.74. The van der Waals surface area contributed by atoms with Crippen LogP contribution in [-0.4, -0.2) is 90.6 Å². The third-order valence-corrected chi connectivity index (χ3v) is 9.20. The fourth-order valence-corrected chi connectivity index (χ4v) is 6.74. The molecule has 2 atom stereocenters. The van der Waals surface area contributed by atoms with Crippen molar-refractivity contribution in [2.75, 3.05) is 52.5 Å². The number of ether oxygens (including phenoxy) is 2. The highest BCUT2D eigenvalue weighted by Gasteiger charge is 2.21. The van der Waals surface area contributed by atoms with Crippen molar-refractivity contribution in [2.24, 2.45) is 0 Å². The number of rotatable bonds is 15. The van der Waals surface area contributed by atoms with Crippen LogP contribution in [0.4, 0.5) is 0 Å². The van der Waals surface area contributed by atoms with Crippen LogP contribution in [-0.2, 0) is 16.0 Å². The number of nitrogens with zero attached hydrogens (tertiary/aromatic N) is 3. The molecule has 0 saturated carbocycles. The van der Waals surface area contributed by atoms with E-state index in [9.17, 15) is 9.59 Å². The number of hydrogen-bond acceptors (Lipinski definition) is 6. The van der Waals surface area contributed by atoms with Gasteiger partial charge in [-0.25, -0.2) is 0 Å². The zero-order chi connectivity index (χ0) is 30.2. The maximum atomic E-state index is 13.4. The molecule has 3 heterocycles. The molecular formula is C36H51N3O4. The summed E-state index contributed by atoms with van der Waals surface area (Å²) < 4.78 is 13.7. The number of fused-ring (bicyclic) bond motifs is 3. The monoisotopic (exact) mass is 589 g/mol. The van der Waals surface area contributed by atoms with Crippen LogP contribution in [0.15, 0.2) is 36.4 Å². The molecule has 1 aromatic heterocycles. The van der Waals surface area contributed by atoms with E-state index < -0.39 is 0 Å². The SMILES string of the molecule is CCCCCCCCn1c2ccc(C(=O)CCN3CCOC(C)C3)cc2c2cc(C(=O)CCN3CCOC(C)C3)ccc21. The number of carbonyl (C=O) groups excluding carboxylic acids is 2. The van der Waals surface area contributed by atoms with Crippen molar-refractivity contribution >= 4 is 33.4 Å². The molecule has 43 heavy (non-hydrogen) atoms. The summed E-state index contributed by atoms with van der Waals surface area (Å²) in [4.78, 5) is 31.4. The number of Topliss-reactive ketones (excluding diaryl/α,β-unsaturated/α-hetero) is 2. The Morgan fingerprint density at radius 3 is 1.67 bits per heavy atom. The van der Waals surface area contributed by atoms with Gasteiger partial charge in [-0.1, -0.05) is 39.0 Å². The van der Waals surface area contributed by atoms with Crippen molar-refractivity contribution in [3.05, 3.63) is 47.5 Å². The van der Waals surface area contributed by atoms with Gasteiger partial charge in [0.15, 0.2) is 11.6 Å². The summed E-state index contributed by atoms with van der Waals surface area (Å²) in [5.74, 6) is 0.342. The van der Waals surface area contributed by atoms with Gasteiger partial charge < -0.3 is 14.0 Å². The first-order valence-corrected chi connectivity index (χ1v) is 16.7. The molecule has 0 spiro atoms. The third-order valence-electron chi connectivity index (χ3n) is 9.20. The molecule has 2 saturated heterocycles. The Bertz CT molecular complexity index is 1290. The fraction of sp³-hybridized carbons (Fsp3) is 0.611. The molecule has 3 aromatic rings. The minimum atomic E-state index is 0.171. The lowest BCUT2D eigenvalue weighted by atomic mass is 10.0. The first-order valence-electron chi connectivity index (χ1n) is 16.7. The smallest absolute Gasteiger partial charge is 0.164 e. The Kier molecular flexibility index (Phi) is 11.4. The van der Waals surface area contributed by atoms with Gasteiger partial charge >= 0.3 is 0 Å². The van der Waals surface area contributed by atoms with Gasteiger partial charge in [0.25, 0.3) is 0 Å². The average molecular weight is 590 g/mol. The summed E-state index contributed by atoms with van der Waals surface area (Å²) in [6.07, 6.45) is 8.90. The quantitative estimate of drug-likeness (QED) is 0.145. The Morgan fingerprint density at radius 2 is 1.19 bits per heavy atom. The molecular weight excluding hydrogens is 538 g/mol. The number of benzene rings is 2. The van der Waals surface area contributed by atoms with Crippen LogP contribution in [0.2, 0.25) is 0 Å². The van der Waals surface area contributed by atoms with E-state index >= 15 is 0 Å². The Hall–Kier alpha value is -2.58. The lowest BCUT2D eigenvalue weighted by Crippen LogP contribution is -2.41. The van der Waals surface area contributed by atoms with Crippen LogP contribution in [0, 0.1) is 0 Å². The van der Waals surface area contributed by atoms with E-state index in [-0.39, 0.29) is 23.8 Å². The Morgan fingerprint density at radius 1 is 0.698 bits per heavy atom. The zero-order valence-corrected chi connectivity index (χ0v) is 26.6. The van der Waals surface area contributed by atoms with E-state index in [4.69, 9.17) is 9.47 Å². The molecule has 0 N–H and O–H groups in total. The highest BCUT2D eigenvalue weighted by molar-refractivity contribution is 6.13. The molecule has 2 aromatic carbocycles. The summed E-state index contributed by atoms with van der Waals surface area (Å²) in [6, 6.07) is 12.4. The molecule has 0 amide bonds. The summed E-state index contributed by atoms with van der Waals surface area (Å²) in [7, 11) is 0. The molecule has 2 unspecified atom stereocenters. The Balaban J connectivity index is 1.36. The number of aryl methyl sites for hydroxylation is 1. The number of unbranched alkanes of at least 4 members (excludes halogenated alkanes) is 5. The van der Waals surface area contributed by atoms with Crippen molar-refractivity contribution in [2.45, 2.75) is 90.9 Å². The second-order valence-corrected chi connectivity index (χ2v) is 12.7.